The zero-order valence-electron chi connectivity index (χ0n) is 15.2. The molecule has 27 heavy (non-hydrogen) atoms. The summed E-state index contributed by atoms with van der Waals surface area (Å²) in [5.41, 5.74) is 2.96. The second kappa shape index (κ2) is 8.27. The third kappa shape index (κ3) is 4.78. The number of aryl methyl sites for hydroxylation is 1. The lowest BCUT2D eigenvalue weighted by atomic mass is 10.1. The van der Waals surface area contributed by atoms with Crippen molar-refractivity contribution in [3.05, 3.63) is 77.9 Å². The third-order valence-corrected chi connectivity index (χ3v) is 4.15. The number of hydrogen-bond donors (Lipinski definition) is 2. The molecule has 0 fully saturated rings. The summed E-state index contributed by atoms with van der Waals surface area (Å²) in [6.07, 6.45) is 3.08. The van der Waals surface area contributed by atoms with Crippen molar-refractivity contribution >= 4 is 17.5 Å². The standard InChI is InChI=1S/C20H21N5O2/c1-14-8-9-17(10-18(14)23-15(2)26)20(27)24-19(11-25-13-21-12-22-25)16-6-4-3-5-7-16/h3-10,12-13,19H,11H2,1-2H3,(H,23,26)(H,24,27)/t19-/m0/s1. The second-order valence-electron chi connectivity index (χ2n) is 6.27. The van der Waals surface area contributed by atoms with Gasteiger partial charge in [0.15, 0.2) is 0 Å². The zero-order valence-corrected chi connectivity index (χ0v) is 15.2. The van der Waals surface area contributed by atoms with Crippen molar-refractivity contribution in [2.45, 2.75) is 26.4 Å². The van der Waals surface area contributed by atoms with E-state index in [1.807, 2.05) is 43.3 Å². The lowest BCUT2D eigenvalue weighted by molar-refractivity contribution is -0.114. The van der Waals surface area contributed by atoms with Crippen LogP contribution in [-0.4, -0.2) is 26.6 Å². The lowest BCUT2D eigenvalue weighted by Gasteiger charge is -2.19. The fraction of sp³-hybridized carbons (Fsp3) is 0.200. The zero-order chi connectivity index (χ0) is 19.2. The molecular formula is C20H21N5O2. The smallest absolute Gasteiger partial charge is 0.251 e. The Labute approximate surface area is 157 Å². The predicted octanol–water partition coefficient (Wildman–Crippen LogP) is 2.72. The molecule has 0 saturated heterocycles. The molecule has 0 spiro atoms. The van der Waals surface area contributed by atoms with Crippen LogP contribution in [0.3, 0.4) is 0 Å². The van der Waals surface area contributed by atoms with E-state index in [9.17, 15) is 9.59 Å². The van der Waals surface area contributed by atoms with E-state index < -0.39 is 0 Å². The molecule has 0 radical (unpaired) electrons. The number of nitrogens with zero attached hydrogens (tertiary/aromatic N) is 3. The van der Waals surface area contributed by atoms with E-state index in [1.54, 1.807) is 23.1 Å². The number of carbonyl (C=O) groups excluding carboxylic acids is 2. The molecule has 1 aromatic heterocycles. The first kappa shape index (κ1) is 18.3. The maximum atomic E-state index is 12.8. The average molecular weight is 363 g/mol. The van der Waals surface area contributed by atoms with Crippen LogP contribution in [0, 0.1) is 6.92 Å². The van der Waals surface area contributed by atoms with Crippen LogP contribution < -0.4 is 10.6 Å². The predicted molar refractivity (Wildman–Crippen MR) is 102 cm³/mol. The molecule has 7 nitrogen and oxygen atoms in total. The first-order valence-electron chi connectivity index (χ1n) is 8.59. The van der Waals surface area contributed by atoms with Gasteiger partial charge in [0.25, 0.3) is 5.91 Å². The second-order valence-corrected chi connectivity index (χ2v) is 6.27. The van der Waals surface area contributed by atoms with Gasteiger partial charge in [-0.25, -0.2) is 4.98 Å². The van der Waals surface area contributed by atoms with E-state index in [4.69, 9.17) is 0 Å². The molecule has 2 N–H and O–H groups in total. The van der Waals surface area contributed by atoms with Gasteiger partial charge in [0.1, 0.15) is 12.7 Å². The van der Waals surface area contributed by atoms with Crippen LogP contribution in [0.5, 0.6) is 0 Å². The molecule has 2 aromatic carbocycles. The highest BCUT2D eigenvalue weighted by molar-refractivity contribution is 5.97. The summed E-state index contributed by atoms with van der Waals surface area (Å²) in [4.78, 5) is 28.2. The molecular weight excluding hydrogens is 342 g/mol. The summed E-state index contributed by atoms with van der Waals surface area (Å²) in [5, 5.41) is 9.92. The Morgan fingerprint density at radius 2 is 1.93 bits per heavy atom. The summed E-state index contributed by atoms with van der Waals surface area (Å²) >= 11 is 0. The van der Waals surface area contributed by atoms with Gasteiger partial charge < -0.3 is 10.6 Å². The van der Waals surface area contributed by atoms with Crippen molar-refractivity contribution in [3.8, 4) is 0 Å². The number of nitrogens with one attached hydrogen (secondary N) is 2. The van der Waals surface area contributed by atoms with Crippen molar-refractivity contribution in [3.63, 3.8) is 0 Å². The van der Waals surface area contributed by atoms with E-state index in [0.717, 1.165) is 11.1 Å². The number of amides is 2. The van der Waals surface area contributed by atoms with Gasteiger partial charge in [-0.3, -0.25) is 14.3 Å². The van der Waals surface area contributed by atoms with Gasteiger partial charge in [-0.2, -0.15) is 5.10 Å². The Balaban J connectivity index is 1.83. The number of aromatic nitrogens is 3. The minimum Gasteiger partial charge on any atom is -0.343 e. The van der Waals surface area contributed by atoms with Crippen LogP contribution in [-0.2, 0) is 11.3 Å². The van der Waals surface area contributed by atoms with Gasteiger partial charge in [0.2, 0.25) is 5.91 Å². The summed E-state index contributed by atoms with van der Waals surface area (Å²) in [5.74, 6) is -0.403. The van der Waals surface area contributed by atoms with Crippen molar-refractivity contribution in [2.75, 3.05) is 5.32 Å². The van der Waals surface area contributed by atoms with E-state index in [0.29, 0.717) is 17.8 Å². The fourth-order valence-electron chi connectivity index (χ4n) is 2.76. The molecule has 138 valence electrons. The Bertz CT molecular complexity index is 923. The van der Waals surface area contributed by atoms with Crippen LogP contribution in [0.15, 0.2) is 61.2 Å². The molecule has 0 aliphatic rings. The van der Waals surface area contributed by atoms with Gasteiger partial charge in [0.05, 0.1) is 12.6 Å². The van der Waals surface area contributed by atoms with Crippen molar-refractivity contribution in [1.82, 2.24) is 20.1 Å². The summed E-state index contributed by atoms with van der Waals surface area (Å²) in [7, 11) is 0. The topological polar surface area (TPSA) is 88.9 Å². The maximum Gasteiger partial charge on any atom is 0.251 e. The Morgan fingerprint density at radius 1 is 1.15 bits per heavy atom. The van der Waals surface area contributed by atoms with Crippen LogP contribution >= 0.6 is 0 Å². The number of carbonyl (C=O) groups is 2. The molecule has 1 heterocycles. The first-order valence-corrected chi connectivity index (χ1v) is 8.59. The quantitative estimate of drug-likeness (QED) is 0.705. The van der Waals surface area contributed by atoms with E-state index in [2.05, 4.69) is 20.7 Å². The monoisotopic (exact) mass is 363 g/mol. The Hall–Kier alpha value is -3.48. The molecule has 3 rings (SSSR count). The molecule has 0 aliphatic carbocycles. The van der Waals surface area contributed by atoms with Gasteiger partial charge in [0, 0.05) is 18.2 Å². The van der Waals surface area contributed by atoms with Crippen molar-refractivity contribution in [2.24, 2.45) is 0 Å². The molecule has 0 saturated carbocycles. The normalized spacial score (nSPS) is 11.6. The highest BCUT2D eigenvalue weighted by Crippen LogP contribution is 2.19. The van der Waals surface area contributed by atoms with E-state index >= 15 is 0 Å². The van der Waals surface area contributed by atoms with E-state index in [1.165, 1.54) is 13.3 Å². The maximum absolute atomic E-state index is 12.8. The molecule has 7 heteroatoms. The van der Waals surface area contributed by atoms with Crippen LogP contribution in [0.2, 0.25) is 0 Å². The van der Waals surface area contributed by atoms with Crippen LogP contribution in [0.1, 0.15) is 34.5 Å². The highest BCUT2D eigenvalue weighted by atomic mass is 16.2. The number of anilines is 1. The van der Waals surface area contributed by atoms with Gasteiger partial charge in [-0.1, -0.05) is 36.4 Å². The third-order valence-electron chi connectivity index (χ3n) is 4.15. The fourth-order valence-corrected chi connectivity index (χ4v) is 2.76. The number of rotatable bonds is 6. The summed E-state index contributed by atoms with van der Waals surface area (Å²) in [6.45, 7) is 3.78. The molecule has 2 amide bonds. The SMILES string of the molecule is CC(=O)Nc1cc(C(=O)N[C@@H](Cn2cncn2)c2ccccc2)ccc1C. The lowest BCUT2D eigenvalue weighted by Crippen LogP contribution is -2.31. The Morgan fingerprint density at radius 3 is 2.59 bits per heavy atom. The van der Waals surface area contributed by atoms with Crippen molar-refractivity contribution < 1.29 is 9.59 Å². The molecule has 1 atom stereocenters. The molecule has 0 unspecified atom stereocenters. The van der Waals surface area contributed by atoms with Gasteiger partial charge in [-0.05, 0) is 30.2 Å². The highest BCUT2D eigenvalue weighted by Gasteiger charge is 2.17. The van der Waals surface area contributed by atoms with Crippen molar-refractivity contribution in [1.29, 1.82) is 0 Å². The van der Waals surface area contributed by atoms with Gasteiger partial charge >= 0.3 is 0 Å². The largest absolute Gasteiger partial charge is 0.343 e. The molecule has 0 bridgehead atoms. The van der Waals surface area contributed by atoms with Crippen LogP contribution in [0.25, 0.3) is 0 Å². The minimum atomic E-state index is -0.272. The Kier molecular flexibility index (Phi) is 5.61. The van der Waals surface area contributed by atoms with Crippen LogP contribution in [0.4, 0.5) is 5.69 Å². The average Bonchev–Trinajstić information content (AvgIpc) is 3.16. The number of benzene rings is 2. The summed E-state index contributed by atoms with van der Waals surface area (Å²) in [6, 6.07) is 14.7. The summed E-state index contributed by atoms with van der Waals surface area (Å²) < 4.78 is 1.68. The molecule has 3 aromatic rings. The van der Waals surface area contributed by atoms with E-state index in [-0.39, 0.29) is 17.9 Å². The first-order chi connectivity index (χ1) is 13.0. The number of hydrogen-bond acceptors (Lipinski definition) is 4. The van der Waals surface area contributed by atoms with Gasteiger partial charge in [-0.15, -0.1) is 0 Å². The molecule has 0 aliphatic heterocycles. The minimum absolute atomic E-state index is 0.177.